The van der Waals surface area contributed by atoms with Crippen LogP contribution in [-0.2, 0) is 22.6 Å². The number of aromatic nitrogens is 2. The number of amides is 1. The Bertz CT molecular complexity index is 1990. The van der Waals surface area contributed by atoms with Gasteiger partial charge in [-0.15, -0.1) is 11.8 Å². The van der Waals surface area contributed by atoms with Crippen LogP contribution in [0.15, 0.2) is 138 Å². The zero-order valence-electron chi connectivity index (χ0n) is 26.2. The van der Waals surface area contributed by atoms with Gasteiger partial charge in [0.1, 0.15) is 5.69 Å². The second kappa shape index (κ2) is 14.9. The first kappa shape index (κ1) is 31.7. The van der Waals surface area contributed by atoms with Gasteiger partial charge in [0.2, 0.25) is 0 Å². The molecule has 2 N–H and O–H groups in total. The van der Waals surface area contributed by atoms with Crippen LogP contribution < -0.4 is 5.32 Å². The summed E-state index contributed by atoms with van der Waals surface area (Å²) in [4.78, 5) is 22.8. The number of hydrogen-bond acceptors (Lipinski definition) is 7. The molecule has 7 nitrogen and oxygen atoms in total. The van der Waals surface area contributed by atoms with E-state index < -0.39 is 6.29 Å². The molecule has 48 heavy (non-hydrogen) atoms. The second-order valence-corrected chi connectivity index (χ2v) is 12.8. The highest BCUT2D eigenvalue weighted by Crippen LogP contribution is 2.40. The first-order chi connectivity index (χ1) is 23.6. The second-order valence-electron chi connectivity index (χ2n) is 11.7. The van der Waals surface area contributed by atoms with Gasteiger partial charge in [-0.05, 0) is 58.1 Å². The number of hydrogen-bond donors (Lipinski definition) is 2. The Morgan fingerprint density at radius 3 is 2.31 bits per heavy atom. The molecule has 0 bridgehead atoms. The Labute approximate surface area is 284 Å². The lowest BCUT2D eigenvalue weighted by atomic mass is 9.99. The van der Waals surface area contributed by atoms with Crippen LogP contribution in [0.4, 0.5) is 0 Å². The summed E-state index contributed by atoms with van der Waals surface area (Å²) in [6.45, 7) is 0.379. The van der Waals surface area contributed by atoms with E-state index in [1.54, 1.807) is 11.8 Å². The highest BCUT2D eigenvalue weighted by Gasteiger charge is 2.32. The predicted molar refractivity (Wildman–Crippen MR) is 188 cm³/mol. The molecule has 8 heteroatoms. The summed E-state index contributed by atoms with van der Waals surface area (Å²) in [5, 5.41) is 12.5. The van der Waals surface area contributed by atoms with Crippen molar-refractivity contribution in [1.82, 2.24) is 15.3 Å². The van der Waals surface area contributed by atoms with Gasteiger partial charge in [0, 0.05) is 29.2 Å². The van der Waals surface area contributed by atoms with Crippen molar-refractivity contribution < 1.29 is 19.4 Å². The first-order valence-corrected chi connectivity index (χ1v) is 17.0. The molecule has 6 aromatic rings. The molecule has 1 aromatic heterocycles. The minimum Gasteiger partial charge on any atom is -0.392 e. The van der Waals surface area contributed by atoms with Crippen LogP contribution in [-0.4, -0.2) is 32.8 Å². The van der Waals surface area contributed by atoms with Crippen molar-refractivity contribution in [3.05, 3.63) is 162 Å². The molecule has 1 fully saturated rings. The molecular weight excluding hydrogens is 619 g/mol. The van der Waals surface area contributed by atoms with Crippen LogP contribution >= 0.6 is 11.8 Å². The summed E-state index contributed by atoms with van der Waals surface area (Å²) in [7, 11) is 0. The summed E-state index contributed by atoms with van der Waals surface area (Å²) in [6.07, 6.45) is 1.59. The number of ether oxygens (including phenoxy) is 2. The maximum atomic E-state index is 12.8. The van der Waals surface area contributed by atoms with E-state index in [-0.39, 0.29) is 30.4 Å². The molecule has 1 aliphatic heterocycles. The molecule has 5 aromatic carbocycles. The van der Waals surface area contributed by atoms with Gasteiger partial charge in [-0.2, -0.15) is 0 Å². The molecule has 1 aliphatic rings. The topological polar surface area (TPSA) is 93.6 Å². The zero-order chi connectivity index (χ0) is 32.7. The van der Waals surface area contributed by atoms with Crippen molar-refractivity contribution in [2.45, 2.75) is 43.0 Å². The van der Waals surface area contributed by atoms with Gasteiger partial charge < -0.3 is 19.9 Å². The third kappa shape index (κ3) is 7.64. The molecule has 0 radical (unpaired) electrons. The maximum absolute atomic E-state index is 12.8. The van der Waals surface area contributed by atoms with Gasteiger partial charge in [0.25, 0.3) is 5.91 Å². The Kier molecular flexibility index (Phi) is 9.86. The monoisotopic (exact) mass is 653 g/mol. The number of rotatable bonds is 10. The Morgan fingerprint density at radius 1 is 0.771 bits per heavy atom. The molecular formula is C40H35N3O4S. The number of benzene rings is 5. The number of aliphatic hydroxyl groups excluding tert-OH is 1. The fourth-order valence-electron chi connectivity index (χ4n) is 5.76. The SMILES string of the molecule is O=C(NCc1cccc(-c2ccc([C@@H]3O[C@H](CSc4ccccc4)C[C@H](c4ccc(CO)cc4)O3)cc2)c1)c1cnc2ccccc2n1. The summed E-state index contributed by atoms with van der Waals surface area (Å²) in [5.74, 6) is 0.544. The molecule has 0 unspecified atom stereocenters. The van der Waals surface area contributed by atoms with Crippen molar-refractivity contribution >= 4 is 28.7 Å². The lowest BCUT2D eigenvalue weighted by molar-refractivity contribution is -0.245. The fourth-order valence-corrected chi connectivity index (χ4v) is 6.70. The van der Waals surface area contributed by atoms with Gasteiger partial charge in [-0.1, -0.05) is 97.1 Å². The average Bonchev–Trinajstić information content (AvgIpc) is 3.16. The number of aliphatic hydroxyl groups is 1. The predicted octanol–water partition coefficient (Wildman–Crippen LogP) is 8.06. The fraction of sp³-hybridized carbons (Fsp3) is 0.175. The van der Waals surface area contributed by atoms with E-state index in [1.807, 2.05) is 66.7 Å². The normalized spacial score (nSPS) is 17.6. The lowest BCUT2D eigenvalue weighted by Crippen LogP contribution is -2.31. The molecule has 1 amide bonds. The van der Waals surface area contributed by atoms with Crippen LogP contribution in [0.3, 0.4) is 0 Å². The van der Waals surface area contributed by atoms with Crippen molar-refractivity contribution in [3.63, 3.8) is 0 Å². The summed E-state index contributed by atoms with van der Waals surface area (Å²) >= 11 is 1.79. The van der Waals surface area contributed by atoms with Gasteiger partial charge >= 0.3 is 0 Å². The standard InChI is InChI=1S/C40H35N3O4S/c44-25-27-13-15-30(16-14-27)38-22-33(26-48-34-9-2-1-3-10-34)46-40(47-38)31-19-17-29(18-20-31)32-8-6-7-28(21-32)23-42-39(45)37-24-41-35-11-4-5-12-36(35)43-37/h1-21,24,33,38,40,44H,22-23,25-26H2,(H,42,45)/t33-,38+,40+/m0/s1. The molecule has 240 valence electrons. The molecule has 1 saturated heterocycles. The molecule has 0 aliphatic carbocycles. The molecule has 3 atom stereocenters. The number of fused-ring (bicyclic) bond motifs is 1. The summed E-state index contributed by atoms with van der Waals surface area (Å²) in [5.41, 5.74) is 7.70. The van der Waals surface area contributed by atoms with Crippen LogP contribution in [0.25, 0.3) is 22.2 Å². The van der Waals surface area contributed by atoms with Gasteiger partial charge in [0.15, 0.2) is 6.29 Å². The first-order valence-electron chi connectivity index (χ1n) is 16.0. The summed E-state index contributed by atoms with van der Waals surface area (Å²) < 4.78 is 13.1. The molecule has 0 spiro atoms. The van der Waals surface area contributed by atoms with E-state index in [9.17, 15) is 9.90 Å². The van der Waals surface area contributed by atoms with E-state index in [1.165, 1.54) is 11.1 Å². The molecule has 0 saturated carbocycles. The minimum atomic E-state index is -0.517. The van der Waals surface area contributed by atoms with Crippen LogP contribution in [0.2, 0.25) is 0 Å². The quantitative estimate of drug-likeness (QED) is 0.145. The van der Waals surface area contributed by atoms with Gasteiger partial charge in [-0.3, -0.25) is 9.78 Å². The third-order valence-electron chi connectivity index (χ3n) is 8.37. The average molecular weight is 654 g/mol. The Balaban J connectivity index is 1.03. The molecule has 7 rings (SSSR count). The van der Waals surface area contributed by atoms with E-state index in [0.717, 1.165) is 51.1 Å². The lowest BCUT2D eigenvalue weighted by Gasteiger charge is -2.36. The number of thioether (sulfide) groups is 1. The number of carbonyl (C=O) groups is 1. The summed E-state index contributed by atoms with van der Waals surface area (Å²) in [6, 6.07) is 42.2. The van der Waals surface area contributed by atoms with Crippen LogP contribution in [0.1, 0.15) is 51.6 Å². The van der Waals surface area contributed by atoms with Crippen molar-refractivity contribution in [2.75, 3.05) is 5.75 Å². The minimum absolute atomic E-state index is 0.0105. The van der Waals surface area contributed by atoms with E-state index >= 15 is 0 Å². The smallest absolute Gasteiger partial charge is 0.271 e. The van der Waals surface area contributed by atoms with E-state index in [4.69, 9.17) is 9.47 Å². The number of nitrogens with zero attached hydrogens (tertiary/aromatic N) is 2. The number of para-hydroxylation sites is 2. The van der Waals surface area contributed by atoms with Crippen LogP contribution in [0.5, 0.6) is 0 Å². The number of nitrogens with one attached hydrogen (secondary N) is 1. The maximum Gasteiger partial charge on any atom is 0.271 e. The van der Waals surface area contributed by atoms with E-state index in [0.29, 0.717) is 12.1 Å². The van der Waals surface area contributed by atoms with Crippen molar-refractivity contribution in [1.29, 1.82) is 0 Å². The highest BCUT2D eigenvalue weighted by atomic mass is 32.2. The molecule has 2 heterocycles. The number of carbonyl (C=O) groups excluding carboxylic acids is 1. The van der Waals surface area contributed by atoms with E-state index in [2.05, 4.69) is 75.9 Å². The van der Waals surface area contributed by atoms with Gasteiger partial charge in [0.05, 0.1) is 36.0 Å². The zero-order valence-corrected chi connectivity index (χ0v) is 27.1. The Morgan fingerprint density at radius 2 is 1.52 bits per heavy atom. The Hall–Kier alpha value is -4.86. The van der Waals surface area contributed by atoms with Crippen molar-refractivity contribution in [2.24, 2.45) is 0 Å². The largest absolute Gasteiger partial charge is 0.392 e. The van der Waals surface area contributed by atoms with Gasteiger partial charge in [-0.25, -0.2) is 4.98 Å². The van der Waals surface area contributed by atoms with Crippen molar-refractivity contribution in [3.8, 4) is 11.1 Å². The van der Waals surface area contributed by atoms with Crippen LogP contribution in [0, 0.1) is 0 Å². The highest BCUT2D eigenvalue weighted by molar-refractivity contribution is 7.99. The third-order valence-corrected chi connectivity index (χ3v) is 9.52.